The Hall–Kier alpha value is -1.68. The van der Waals surface area contributed by atoms with Gasteiger partial charge in [-0.05, 0) is 25.5 Å². The van der Waals surface area contributed by atoms with Crippen molar-refractivity contribution in [2.75, 3.05) is 6.54 Å². The zero-order valence-corrected chi connectivity index (χ0v) is 14.6. The van der Waals surface area contributed by atoms with Gasteiger partial charge in [0.2, 0.25) is 0 Å². The standard InChI is InChI=1S/C19H30N4/c1-3-4-5-6-7-8-11-14-20-15-18-19(22-23-21-18)17-13-10-9-12-16(17)2/h9-10,12-13,20H,3-8,11,14-15H2,1-2H3,(H,21,22,23). The van der Waals surface area contributed by atoms with Crippen molar-refractivity contribution >= 4 is 0 Å². The van der Waals surface area contributed by atoms with E-state index in [-0.39, 0.29) is 0 Å². The third kappa shape index (κ3) is 5.79. The van der Waals surface area contributed by atoms with Crippen molar-refractivity contribution in [2.24, 2.45) is 0 Å². The number of nitrogens with one attached hydrogen (secondary N) is 2. The number of unbranched alkanes of at least 4 members (excludes halogenated alkanes) is 6. The lowest BCUT2D eigenvalue weighted by Gasteiger charge is -2.06. The molecular formula is C19H30N4. The first-order chi connectivity index (χ1) is 11.3. The minimum absolute atomic E-state index is 0.774. The topological polar surface area (TPSA) is 53.6 Å². The largest absolute Gasteiger partial charge is 0.311 e. The number of aromatic nitrogens is 3. The Labute approximate surface area is 140 Å². The van der Waals surface area contributed by atoms with Gasteiger partial charge in [-0.25, -0.2) is 0 Å². The molecule has 2 N–H and O–H groups in total. The van der Waals surface area contributed by atoms with E-state index in [1.54, 1.807) is 0 Å². The Balaban J connectivity index is 1.69. The van der Waals surface area contributed by atoms with Crippen molar-refractivity contribution in [3.05, 3.63) is 35.5 Å². The molecule has 126 valence electrons. The summed E-state index contributed by atoms with van der Waals surface area (Å²) in [6.07, 6.45) is 9.40. The number of hydrogen-bond donors (Lipinski definition) is 2. The lowest BCUT2D eigenvalue weighted by atomic mass is 10.0. The smallest absolute Gasteiger partial charge is 0.117 e. The highest BCUT2D eigenvalue weighted by Gasteiger charge is 2.11. The van der Waals surface area contributed by atoms with Crippen LogP contribution in [0.3, 0.4) is 0 Å². The molecule has 0 saturated carbocycles. The summed E-state index contributed by atoms with van der Waals surface area (Å²) in [5.41, 5.74) is 4.36. The van der Waals surface area contributed by atoms with E-state index in [0.29, 0.717) is 0 Å². The van der Waals surface area contributed by atoms with Crippen LogP contribution >= 0.6 is 0 Å². The van der Waals surface area contributed by atoms with Gasteiger partial charge < -0.3 is 5.32 Å². The first-order valence-corrected chi connectivity index (χ1v) is 8.99. The number of aromatic amines is 1. The fourth-order valence-corrected chi connectivity index (χ4v) is 2.84. The normalized spacial score (nSPS) is 11.0. The van der Waals surface area contributed by atoms with Gasteiger partial charge in [0.05, 0.1) is 0 Å². The fraction of sp³-hybridized carbons (Fsp3) is 0.579. The van der Waals surface area contributed by atoms with Crippen LogP contribution in [-0.2, 0) is 6.54 Å². The highest BCUT2D eigenvalue weighted by atomic mass is 15.3. The van der Waals surface area contributed by atoms with Crippen molar-refractivity contribution in [2.45, 2.75) is 65.3 Å². The number of hydrogen-bond acceptors (Lipinski definition) is 3. The molecule has 1 aromatic heterocycles. The Morgan fingerprint density at radius 1 is 0.957 bits per heavy atom. The number of nitrogens with zero attached hydrogens (tertiary/aromatic N) is 2. The molecule has 1 heterocycles. The van der Waals surface area contributed by atoms with Crippen molar-refractivity contribution in [1.29, 1.82) is 0 Å². The molecule has 0 bridgehead atoms. The van der Waals surface area contributed by atoms with Gasteiger partial charge in [-0.1, -0.05) is 69.7 Å². The maximum atomic E-state index is 4.33. The zero-order valence-electron chi connectivity index (χ0n) is 14.6. The van der Waals surface area contributed by atoms with Crippen LogP contribution in [0.2, 0.25) is 0 Å². The van der Waals surface area contributed by atoms with Crippen molar-refractivity contribution in [1.82, 2.24) is 20.7 Å². The molecule has 4 heteroatoms. The van der Waals surface area contributed by atoms with Crippen LogP contribution in [0.5, 0.6) is 0 Å². The molecule has 0 atom stereocenters. The summed E-state index contributed by atoms with van der Waals surface area (Å²) in [5, 5.41) is 14.9. The van der Waals surface area contributed by atoms with Gasteiger partial charge in [-0.15, -0.1) is 0 Å². The van der Waals surface area contributed by atoms with Gasteiger partial charge in [0, 0.05) is 12.1 Å². The summed E-state index contributed by atoms with van der Waals surface area (Å²) < 4.78 is 0. The molecular weight excluding hydrogens is 284 g/mol. The predicted octanol–water partition coefficient (Wildman–Crippen LogP) is 4.62. The summed E-state index contributed by atoms with van der Waals surface area (Å²) in [6.45, 7) is 6.20. The minimum Gasteiger partial charge on any atom is -0.311 e. The first kappa shape index (κ1) is 17.7. The molecule has 0 aliphatic rings. The van der Waals surface area contributed by atoms with Crippen molar-refractivity contribution in [3.8, 4) is 11.3 Å². The highest BCUT2D eigenvalue weighted by Crippen LogP contribution is 2.22. The Morgan fingerprint density at radius 2 is 1.70 bits per heavy atom. The number of benzene rings is 1. The Kier molecular flexibility index (Phi) is 7.81. The van der Waals surface area contributed by atoms with Crippen molar-refractivity contribution < 1.29 is 0 Å². The van der Waals surface area contributed by atoms with E-state index in [1.807, 2.05) is 6.07 Å². The summed E-state index contributed by atoms with van der Waals surface area (Å²) in [6, 6.07) is 8.32. The highest BCUT2D eigenvalue weighted by molar-refractivity contribution is 5.64. The van der Waals surface area contributed by atoms with Gasteiger partial charge in [-0.3, -0.25) is 0 Å². The molecule has 2 rings (SSSR count). The van der Waals surface area contributed by atoms with Gasteiger partial charge in [0.25, 0.3) is 0 Å². The third-order valence-corrected chi connectivity index (χ3v) is 4.27. The second-order valence-corrected chi connectivity index (χ2v) is 6.23. The number of H-pyrrole nitrogens is 1. The molecule has 4 nitrogen and oxygen atoms in total. The van der Waals surface area contributed by atoms with E-state index in [2.05, 4.69) is 52.8 Å². The summed E-state index contributed by atoms with van der Waals surface area (Å²) in [4.78, 5) is 0. The molecule has 0 amide bonds. The third-order valence-electron chi connectivity index (χ3n) is 4.27. The number of rotatable bonds is 11. The Morgan fingerprint density at radius 3 is 2.48 bits per heavy atom. The molecule has 0 aliphatic carbocycles. The molecule has 0 spiro atoms. The molecule has 0 aliphatic heterocycles. The molecule has 1 aromatic carbocycles. The zero-order chi connectivity index (χ0) is 16.3. The van der Waals surface area contributed by atoms with Crippen LogP contribution in [-0.4, -0.2) is 22.0 Å². The fourth-order valence-electron chi connectivity index (χ4n) is 2.84. The van der Waals surface area contributed by atoms with E-state index in [4.69, 9.17) is 0 Å². The summed E-state index contributed by atoms with van der Waals surface area (Å²) >= 11 is 0. The van der Waals surface area contributed by atoms with Crippen LogP contribution in [0.15, 0.2) is 24.3 Å². The van der Waals surface area contributed by atoms with E-state index in [1.165, 1.54) is 50.5 Å². The van der Waals surface area contributed by atoms with Crippen LogP contribution in [0.1, 0.15) is 63.1 Å². The van der Waals surface area contributed by atoms with Gasteiger partial charge in [0.1, 0.15) is 11.4 Å². The Bertz CT molecular complexity index is 562. The summed E-state index contributed by atoms with van der Waals surface area (Å²) in [5.74, 6) is 0. The SMILES string of the molecule is CCCCCCCCCNCc1n[nH]nc1-c1ccccc1C. The lowest BCUT2D eigenvalue weighted by Crippen LogP contribution is -2.15. The molecule has 0 radical (unpaired) electrons. The van der Waals surface area contributed by atoms with Crippen LogP contribution < -0.4 is 5.32 Å². The average molecular weight is 314 g/mol. The van der Waals surface area contributed by atoms with Crippen LogP contribution in [0, 0.1) is 6.92 Å². The quantitative estimate of drug-likeness (QED) is 0.595. The van der Waals surface area contributed by atoms with Crippen LogP contribution in [0.25, 0.3) is 11.3 Å². The molecule has 0 unspecified atom stereocenters. The van der Waals surface area contributed by atoms with Gasteiger partial charge >= 0.3 is 0 Å². The van der Waals surface area contributed by atoms with E-state index in [0.717, 1.165) is 30.0 Å². The maximum Gasteiger partial charge on any atom is 0.117 e. The molecule has 2 aromatic rings. The minimum atomic E-state index is 0.774. The van der Waals surface area contributed by atoms with Crippen LogP contribution in [0.4, 0.5) is 0 Å². The van der Waals surface area contributed by atoms with E-state index < -0.39 is 0 Å². The predicted molar refractivity (Wildman–Crippen MR) is 96.3 cm³/mol. The molecule has 0 saturated heterocycles. The monoisotopic (exact) mass is 314 g/mol. The second-order valence-electron chi connectivity index (χ2n) is 6.23. The average Bonchev–Trinajstić information content (AvgIpc) is 3.02. The maximum absolute atomic E-state index is 4.33. The molecule has 0 fully saturated rings. The van der Waals surface area contributed by atoms with E-state index >= 15 is 0 Å². The van der Waals surface area contributed by atoms with E-state index in [9.17, 15) is 0 Å². The first-order valence-electron chi connectivity index (χ1n) is 8.99. The number of aryl methyl sites for hydroxylation is 1. The lowest BCUT2D eigenvalue weighted by molar-refractivity contribution is 0.560. The van der Waals surface area contributed by atoms with Gasteiger partial charge in [-0.2, -0.15) is 15.4 Å². The van der Waals surface area contributed by atoms with Crippen molar-refractivity contribution in [3.63, 3.8) is 0 Å². The summed E-state index contributed by atoms with van der Waals surface area (Å²) in [7, 11) is 0. The molecule has 23 heavy (non-hydrogen) atoms. The second kappa shape index (κ2) is 10.2. The van der Waals surface area contributed by atoms with Gasteiger partial charge in [0.15, 0.2) is 0 Å².